The van der Waals surface area contributed by atoms with Gasteiger partial charge in [-0.05, 0) is 6.07 Å². The molecule has 0 saturated carbocycles. The van der Waals surface area contributed by atoms with Crippen molar-refractivity contribution in [3.63, 3.8) is 0 Å². The average Bonchev–Trinajstić information content (AvgIpc) is 2.97. The molecule has 0 spiro atoms. The minimum Gasteiger partial charge on any atom is -0.383 e. The summed E-state index contributed by atoms with van der Waals surface area (Å²) in [6.45, 7) is 3.27. The highest BCUT2D eigenvalue weighted by atomic mass is 32.2. The molecule has 0 radical (unpaired) electrons. The first kappa shape index (κ1) is 14.3. The maximum atomic E-state index is 11.9. The standard InChI is InChI=1S/C14H17N7OS/c15-13-12-10(2-8-23(12)22)18-14(19-13)21-6-4-20(5-7-21)11-1-3-16-9-17-11/h1,3,9H,2,4-8H2,(H2,15,18,19). The van der Waals surface area contributed by atoms with Gasteiger partial charge < -0.3 is 15.5 Å². The Hall–Kier alpha value is -2.29. The summed E-state index contributed by atoms with van der Waals surface area (Å²) in [7, 11) is -1.04. The fourth-order valence-corrected chi connectivity index (χ4v) is 4.23. The van der Waals surface area contributed by atoms with Crippen LogP contribution in [0, 0.1) is 0 Å². The second-order valence-corrected chi connectivity index (χ2v) is 7.03. The van der Waals surface area contributed by atoms with Crippen LogP contribution in [0.1, 0.15) is 5.69 Å². The van der Waals surface area contributed by atoms with E-state index in [-0.39, 0.29) is 0 Å². The summed E-state index contributed by atoms with van der Waals surface area (Å²) in [4.78, 5) is 22.1. The number of fused-ring (bicyclic) bond motifs is 1. The fourth-order valence-electron chi connectivity index (χ4n) is 2.96. The second kappa shape index (κ2) is 5.73. The van der Waals surface area contributed by atoms with Crippen LogP contribution in [-0.4, -0.2) is 56.1 Å². The Balaban J connectivity index is 1.51. The third-order valence-corrected chi connectivity index (χ3v) is 5.63. The molecule has 2 aliphatic heterocycles. The highest BCUT2D eigenvalue weighted by Gasteiger charge is 2.27. The highest BCUT2D eigenvalue weighted by Crippen LogP contribution is 2.28. The van der Waals surface area contributed by atoms with E-state index in [1.165, 1.54) is 0 Å². The summed E-state index contributed by atoms with van der Waals surface area (Å²) >= 11 is 0. The first-order valence-electron chi connectivity index (χ1n) is 7.53. The molecule has 2 aliphatic rings. The number of hydrogen-bond donors (Lipinski definition) is 1. The van der Waals surface area contributed by atoms with E-state index < -0.39 is 10.8 Å². The molecule has 2 N–H and O–H groups in total. The lowest BCUT2D eigenvalue weighted by Gasteiger charge is -2.35. The predicted octanol–water partition coefficient (Wildman–Crippen LogP) is -0.161. The number of aryl methyl sites for hydroxylation is 1. The van der Waals surface area contributed by atoms with Crippen LogP contribution >= 0.6 is 0 Å². The van der Waals surface area contributed by atoms with E-state index >= 15 is 0 Å². The lowest BCUT2D eigenvalue weighted by Crippen LogP contribution is -2.47. The zero-order valence-corrected chi connectivity index (χ0v) is 13.4. The van der Waals surface area contributed by atoms with Crippen LogP contribution in [0.15, 0.2) is 23.5 Å². The van der Waals surface area contributed by atoms with Crippen LogP contribution in [0.3, 0.4) is 0 Å². The third kappa shape index (κ3) is 2.61. The minimum atomic E-state index is -1.04. The van der Waals surface area contributed by atoms with Crippen LogP contribution in [0.4, 0.5) is 17.6 Å². The molecule has 2 aromatic rings. The number of hydrogen-bond acceptors (Lipinski definition) is 8. The van der Waals surface area contributed by atoms with Crippen molar-refractivity contribution in [1.82, 2.24) is 19.9 Å². The van der Waals surface area contributed by atoms with Gasteiger partial charge in [-0.2, -0.15) is 4.98 Å². The van der Waals surface area contributed by atoms with Gasteiger partial charge in [-0.15, -0.1) is 0 Å². The van der Waals surface area contributed by atoms with Gasteiger partial charge in [0.2, 0.25) is 5.95 Å². The summed E-state index contributed by atoms with van der Waals surface area (Å²) in [5.74, 6) is 2.53. The maximum absolute atomic E-state index is 11.9. The molecule has 0 aliphatic carbocycles. The van der Waals surface area contributed by atoms with Crippen LogP contribution in [0.5, 0.6) is 0 Å². The van der Waals surface area contributed by atoms with Crippen molar-refractivity contribution < 1.29 is 4.21 Å². The molecule has 1 fully saturated rings. The lowest BCUT2D eigenvalue weighted by atomic mass is 10.3. The summed E-state index contributed by atoms with van der Waals surface area (Å²) < 4.78 is 11.9. The number of aromatic nitrogens is 4. The van der Waals surface area contributed by atoms with Crippen molar-refractivity contribution in [1.29, 1.82) is 0 Å². The number of nitrogen functional groups attached to an aromatic ring is 1. The Morgan fingerprint density at radius 2 is 1.91 bits per heavy atom. The Morgan fingerprint density at radius 1 is 1.13 bits per heavy atom. The Bertz CT molecular complexity index is 746. The number of rotatable bonds is 2. The van der Waals surface area contributed by atoms with Crippen molar-refractivity contribution in [2.24, 2.45) is 0 Å². The third-order valence-electron chi connectivity index (χ3n) is 4.15. The van der Waals surface area contributed by atoms with Gasteiger partial charge >= 0.3 is 0 Å². The number of anilines is 3. The van der Waals surface area contributed by atoms with E-state index in [4.69, 9.17) is 5.73 Å². The van der Waals surface area contributed by atoms with Crippen LogP contribution in [-0.2, 0) is 17.2 Å². The maximum Gasteiger partial charge on any atom is 0.227 e. The van der Waals surface area contributed by atoms with Gasteiger partial charge in [0, 0.05) is 44.5 Å². The largest absolute Gasteiger partial charge is 0.383 e. The SMILES string of the molecule is Nc1nc(N2CCN(c3ccncn3)CC2)nc2c1S(=O)CC2. The Morgan fingerprint density at radius 3 is 2.65 bits per heavy atom. The molecule has 0 aromatic carbocycles. The van der Waals surface area contributed by atoms with Crippen LogP contribution < -0.4 is 15.5 Å². The van der Waals surface area contributed by atoms with Crippen LogP contribution in [0.2, 0.25) is 0 Å². The normalized spacial score (nSPS) is 20.6. The van der Waals surface area contributed by atoms with E-state index in [0.717, 1.165) is 37.7 Å². The molecule has 0 bridgehead atoms. The van der Waals surface area contributed by atoms with Gasteiger partial charge in [-0.3, -0.25) is 4.21 Å². The molecular weight excluding hydrogens is 314 g/mol. The van der Waals surface area contributed by atoms with E-state index in [1.54, 1.807) is 12.5 Å². The van der Waals surface area contributed by atoms with Gasteiger partial charge in [0.25, 0.3) is 0 Å². The van der Waals surface area contributed by atoms with Gasteiger partial charge in [0.15, 0.2) is 0 Å². The number of piperazine rings is 1. The zero-order valence-electron chi connectivity index (χ0n) is 12.6. The Labute approximate surface area is 136 Å². The van der Waals surface area contributed by atoms with Gasteiger partial charge in [-0.1, -0.05) is 0 Å². The first-order chi connectivity index (χ1) is 11.2. The minimum absolute atomic E-state index is 0.360. The molecule has 1 saturated heterocycles. The second-order valence-electron chi connectivity index (χ2n) is 5.53. The Kier molecular flexibility index (Phi) is 3.56. The van der Waals surface area contributed by atoms with Crippen molar-refractivity contribution in [2.75, 3.05) is 47.5 Å². The zero-order chi connectivity index (χ0) is 15.8. The average molecular weight is 331 g/mol. The van der Waals surface area contributed by atoms with Gasteiger partial charge in [0.05, 0.1) is 16.5 Å². The van der Waals surface area contributed by atoms with Crippen molar-refractivity contribution in [3.8, 4) is 0 Å². The van der Waals surface area contributed by atoms with E-state index in [2.05, 4.69) is 29.7 Å². The molecule has 4 heterocycles. The van der Waals surface area contributed by atoms with E-state index in [1.807, 2.05) is 6.07 Å². The predicted molar refractivity (Wildman–Crippen MR) is 87.9 cm³/mol. The molecule has 8 nitrogen and oxygen atoms in total. The molecule has 2 aromatic heterocycles. The van der Waals surface area contributed by atoms with E-state index in [9.17, 15) is 4.21 Å². The topological polar surface area (TPSA) is 101 Å². The van der Waals surface area contributed by atoms with Crippen molar-refractivity contribution >= 4 is 28.4 Å². The quantitative estimate of drug-likeness (QED) is 0.810. The fraction of sp³-hybridized carbons (Fsp3) is 0.429. The monoisotopic (exact) mass is 331 g/mol. The summed E-state index contributed by atoms with van der Waals surface area (Å²) in [6.07, 6.45) is 4.02. The summed E-state index contributed by atoms with van der Waals surface area (Å²) in [6, 6.07) is 1.91. The highest BCUT2D eigenvalue weighted by molar-refractivity contribution is 7.85. The molecule has 120 valence electrons. The molecule has 23 heavy (non-hydrogen) atoms. The van der Waals surface area contributed by atoms with Crippen LogP contribution in [0.25, 0.3) is 0 Å². The molecule has 1 atom stereocenters. The number of nitrogens with two attached hydrogens (primary N) is 1. The van der Waals surface area contributed by atoms with E-state index in [0.29, 0.717) is 28.8 Å². The molecule has 9 heteroatoms. The van der Waals surface area contributed by atoms with Crippen molar-refractivity contribution in [2.45, 2.75) is 11.3 Å². The van der Waals surface area contributed by atoms with Gasteiger partial charge in [0.1, 0.15) is 22.9 Å². The van der Waals surface area contributed by atoms with Gasteiger partial charge in [-0.25, -0.2) is 15.0 Å². The smallest absolute Gasteiger partial charge is 0.227 e. The first-order valence-corrected chi connectivity index (χ1v) is 8.85. The van der Waals surface area contributed by atoms with Crippen molar-refractivity contribution in [3.05, 3.63) is 24.3 Å². The summed E-state index contributed by atoms with van der Waals surface area (Å²) in [5.41, 5.74) is 6.83. The summed E-state index contributed by atoms with van der Waals surface area (Å²) in [5, 5.41) is 0. The lowest BCUT2D eigenvalue weighted by molar-refractivity contribution is 0.632. The molecule has 1 unspecified atom stereocenters. The molecule has 4 rings (SSSR count). The molecule has 0 amide bonds. The molecular formula is C14H17N7OS. The number of nitrogens with zero attached hydrogens (tertiary/aromatic N) is 6.